The molecule has 1 aromatic heterocycles. The van der Waals surface area contributed by atoms with Crippen molar-refractivity contribution in [2.24, 2.45) is 0 Å². The van der Waals surface area contributed by atoms with Gasteiger partial charge in [0.2, 0.25) is 5.91 Å². The second kappa shape index (κ2) is 10.7. The second-order valence-corrected chi connectivity index (χ2v) is 11.2. The van der Waals surface area contributed by atoms with E-state index in [-0.39, 0.29) is 18.3 Å². The number of hydrogen-bond donors (Lipinski definition) is 1. The van der Waals surface area contributed by atoms with E-state index in [1.54, 1.807) is 6.07 Å². The van der Waals surface area contributed by atoms with Gasteiger partial charge in [0.25, 0.3) is 0 Å². The molecule has 1 amide bonds. The molecule has 1 N–H and O–H groups in total. The van der Waals surface area contributed by atoms with E-state index in [4.69, 9.17) is 0 Å². The number of rotatable bonds is 4. The number of nitrogens with zero attached hydrogens (tertiary/aromatic N) is 3. The molecule has 7 rings (SSSR count). The number of aromatic nitrogens is 1. The SMILES string of the molecule is Cl.O=C(O)c1ccc2c(C3CCCCC3)c3n(c2c1)CCN(CC(=O)N1Cc2ccccc2C1)c1ccccc1-3. The maximum atomic E-state index is 13.6. The largest absolute Gasteiger partial charge is 0.478 e. The van der Waals surface area contributed by atoms with E-state index in [0.717, 1.165) is 29.6 Å². The summed E-state index contributed by atoms with van der Waals surface area (Å²) in [6.07, 6.45) is 6.05. The summed E-state index contributed by atoms with van der Waals surface area (Å²) >= 11 is 0. The van der Waals surface area contributed by atoms with Gasteiger partial charge >= 0.3 is 5.97 Å². The summed E-state index contributed by atoms with van der Waals surface area (Å²) in [7, 11) is 0. The molecule has 2 aliphatic heterocycles. The van der Waals surface area contributed by atoms with Gasteiger partial charge in [0, 0.05) is 48.3 Å². The van der Waals surface area contributed by atoms with Gasteiger partial charge in [0.1, 0.15) is 0 Å². The Kier molecular flexibility index (Phi) is 7.05. The number of aromatic carboxylic acids is 1. The number of fused-ring (bicyclic) bond motifs is 6. The molecular formula is C33H34ClN3O3. The summed E-state index contributed by atoms with van der Waals surface area (Å²) < 4.78 is 2.33. The predicted octanol–water partition coefficient (Wildman–Crippen LogP) is 6.84. The number of carbonyl (C=O) groups excluding carboxylic acids is 1. The molecule has 1 aliphatic carbocycles. The Morgan fingerprint density at radius 1 is 0.850 bits per heavy atom. The fourth-order valence-electron chi connectivity index (χ4n) is 7.06. The lowest BCUT2D eigenvalue weighted by atomic mass is 9.81. The van der Waals surface area contributed by atoms with Crippen molar-refractivity contribution in [2.45, 2.75) is 57.7 Å². The van der Waals surface area contributed by atoms with Gasteiger partial charge < -0.3 is 19.5 Å². The van der Waals surface area contributed by atoms with E-state index in [9.17, 15) is 14.7 Å². The van der Waals surface area contributed by atoms with Crippen LogP contribution in [-0.2, 0) is 24.4 Å². The average Bonchev–Trinajstić information content (AvgIpc) is 3.50. The Balaban J connectivity index is 0.00000289. The van der Waals surface area contributed by atoms with Gasteiger partial charge in [-0.1, -0.05) is 67.8 Å². The number of halogens is 1. The van der Waals surface area contributed by atoms with Crippen LogP contribution in [0.4, 0.5) is 5.69 Å². The summed E-state index contributed by atoms with van der Waals surface area (Å²) in [5.41, 5.74) is 8.56. The number of carboxylic acids is 1. The number of amides is 1. The molecule has 1 fully saturated rings. The van der Waals surface area contributed by atoms with Crippen LogP contribution in [0.2, 0.25) is 0 Å². The van der Waals surface area contributed by atoms with Gasteiger partial charge in [-0.25, -0.2) is 4.79 Å². The van der Waals surface area contributed by atoms with Crippen LogP contribution in [0.15, 0.2) is 66.7 Å². The monoisotopic (exact) mass is 555 g/mol. The van der Waals surface area contributed by atoms with E-state index in [1.165, 1.54) is 47.0 Å². The van der Waals surface area contributed by atoms with Gasteiger partial charge in [-0.3, -0.25) is 4.79 Å². The second-order valence-electron chi connectivity index (χ2n) is 11.2. The standard InChI is InChI=1S/C33H33N3O3.ClH/c37-30(35-19-24-10-4-5-11-25(24)20-35)21-34-16-17-36-29-18-23(33(38)39)14-15-26(29)31(22-8-2-1-3-9-22)32(36)27-12-6-7-13-28(27)34;/h4-7,10-15,18,22H,1-3,8-9,16-17,19-21H2,(H,38,39);1H. The summed E-state index contributed by atoms with van der Waals surface area (Å²) in [4.78, 5) is 29.7. The van der Waals surface area contributed by atoms with Crippen molar-refractivity contribution < 1.29 is 14.7 Å². The molecule has 1 saturated carbocycles. The first kappa shape index (κ1) is 26.5. The Morgan fingerprint density at radius 2 is 1.55 bits per heavy atom. The third-order valence-electron chi connectivity index (χ3n) is 8.98. The van der Waals surface area contributed by atoms with E-state index in [0.29, 0.717) is 44.2 Å². The van der Waals surface area contributed by atoms with Gasteiger partial charge in [0.05, 0.1) is 17.8 Å². The van der Waals surface area contributed by atoms with Crippen molar-refractivity contribution in [1.82, 2.24) is 9.47 Å². The highest BCUT2D eigenvalue weighted by Gasteiger charge is 2.32. The molecule has 6 nitrogen and oxygen atoms in total. The molecule has 7 heteroatoms. The van der Waals surface area contributed by atoms with Crippen molar-refractivity contribution in [2.75, 3.05) is 18.0 Å². The van der Waals surface area contributed by atoms with Gasteiger partial charge in [-0.05, 0) is 53.6 Å². The molecule has 0 spiro atoms. The number of anilines is 1. The maximum absolute atomic E-state index is 13.6. The minimum atomic E-state index is -0.903. The lowest BCUT2D eigenvalue weighted by molar-refractivity contribution is -0.130. The number of carbonyl (C=O) groups is 2. The highest BCUT2D eigenvalue weighted by Crippen LogP contribution is 2.47. The molecule has 4 aromatic rings. The molecule has 0 atom stereocenters. The number of hydrogen-bond acceptors (Lipinski definition) is 3. The van der Waals surface area contributed by atoms with Crippen LogP contribution in [0, 0.1) is 0 Å². The molecule has 0 saturated heterocycles. The lowest BCUT2D eigenvalue weighted by Gasteiger charge is -2.27. The van der Waals surface area contributed by atoms with Crippen molar-refractivity contribution in [3.63, 3.8) is 0 Å². The topological polar surface area (TPSA) is 65.8 Å². The maximum Gasteiger partial charge on any atom is 0.335 e. The first-order valence-corrected chi connectivity index (χ1v) is 14.2. The van der Waals surface area contributed by atoms with Crippen molar-refractivity contribution >= 4 is 40.9 Å². The predicted molar refractivity (Wildman–Crippen MR) is 160 cm³/mol. The molecule has 0 bridgehead atoms. The molecular weight excluding hydrogens is 522 g/mol. The summed E-state index contributed by atoms with van der Waals surface area (Å²) in [5, 5.41) is 10.9. The highest BCUT2D eigenvalue weighted by molar-refractivity contribution is 6.00. The van der Waals surface area contributed by atoms with Crippen LogP contribution in [0.25, 0.3) is 22.2 Å². The molecule has 0 unspecified atom stereocenters. The van der Waals surface area contributed by atoms with Crippen molar-refractivity contribution in [3.05, 3.63) is 89.0 Å². The zero-order chi connectivity index (χ0) is 26.5. The van der Waals surface area contributed by atoms with Crippen LogP contribution >= 0.6 is 12.4 Å². The van der Waals surface area contributed by atoms with Crippen LogP contribution in [0.5, 0.6) is 0 Å². The minimum Gasteiger partial charge on any atom is -0.478 e. The highest BCUT2D eigenvalue weighted by atomic mass is 35.5. The zero-order valence-corrected chi connectivity index (χ0v) is 23.3. The van der Waals surface area contributed by atoms with Gasteiger partial charge in [0.15, 0.2) is 0 Å². The fraction of sp³-hybridized carbons (Fsp3) is 0.333. The first-order chi connectivity index (χ1) is 19.1. The van der Waals surface area contributed by atoms with Crippen molar-refractivity contribution in [3.8, 4) is 11.3 Å². The number of para-hydroxylation sites is 1. The number of carboxylic acid groups (broad SMARTS) is 1. The van der Waals surface area contributed by atoms with Crippen LogP contribution in [-0.4, -0.2) is 39.5 Å². The third kappa shape index (κ3) is 4.44. The molecule has 206 valence electrons. The Morgan fingerprint density at radius 3 is 2.27 bits per heavy atom. The molecule has 3 heterocycles. The van der Waals surface area contributed by atoms with Crippen LogP contribution in [0.1, 0.15) is 65.1 Å². The summed E-state index contributed by atoms with van der Waals surface area (Å²) in [5.74, 6) is -0.310. The molecule has 40 heavy (non-hydrogen) atoms. The van der Waals surface area contributed by atoms with Crippen molar-refractivity contribution in [1.29, 1.82) is 0 Å². The Labute approximate surface area is 240 Å². The Bertz CT molecular complexity index is 1580. The van der Waals surface area contributed by atoms with Gasteiger partial charge in [-0.15, -0.1) is 12.4 Å². The van der Waals surface area contributed by atoms with Crippen LogP contribution in [0.3, 0.4) is 0 Å². The van der Waals surface area contributed by atoms with Crippen LogP contribution < -0.4 is 4.90 Å². The smallest absolute Gasteiger partial charge is 0.335 e. The quantitative estimate of drug-likeness (QED) is 0.299. The zero-order valence-electron chi connectivity index (χ0n) is 22.5. The lowest BCUT2D eigenvalue weighted by Crippen LogP contribution is -2.39. The molecule has 0 radical (unpaired) electrons. The first-order valence-electron chi connectivity index (χ1n) is 14.2. The average molecular weight is 556 g/mol. The van der Waals surface area contributed by atoms with Gasteiger partial charge in [-0.2, -0.15) is 0 Å². The molecule has 3 aliphatic rings. The fourth-order valence-corrected chi connectivity index (χ4v) is 7.06. The number of benzene rings is 3. The van der Waals surface area contributed by atoms with E-state index in [1.807, 2.05) is 29.2 Å². The van der Waals surface area contributed by atoms with E-state index in [2.05, 4.69) is 45.9 Å². The minimum absolute atomic E-state index is 0. The summed E-state index contributed by atoms with van der Waals surface area (Å²) in [6.45, 7) is 3.04. The van der Waals surface area contributed by atoms with E-state index < -0.39 is 5.97 Å². The van der Waals surface area contributed by atoms with E-state index >= 15 is 0 Å². The normalized spacial score (nSPS) is 16.6. The Hall–Kier alpha value is -3.77. The molecule has 3 aromatic carbocycles. The summed E-state index contributed by atoms with van der Waals surface area (Å²) in [6, 6.07) is 22.4. The third-order valence-corrected chi connectivity index (χ3v) is 8.98.